The second-order valence-electron chi connectivity index (χ2n) is 6.83. The standard InChI is InChI=1S/C22H29N3O2/c1-27-21-7-3-2-6-18(21)12-14-24-22(26)13-15-23-19-8-10-20(11-9-19)25-16-4-5-17-25/h2-3,6-11,23H,4-5,12-17H2,1H3,(H,24,26). The van der Waals surface area contributed by atoms with E-state index in [9.17, 15) is 4.79 Å². The number of benzene rings is 2. The fourth-order valence-electron chi connectivity index (χ4n) is 3.42. The third-order valence-corrected chi connectivity index (χ3v) is 4.93. The van der Waals surface area contributed by atoms with Crippen LogP contribution in [-0.2, 0) is 11.2 Å². The molecule has 0 atom stereocenters. The van der Waals surface area contributed by atoms with E-state index in [1.165, 1.54) is 18.5 Å². The highest BCUT2D eigenvalue weighted by molar-refractivity contribution is 5.76. The fraction of sp³-hybridized carbons (Fsp3) is 0.409. The van der Waals surface area contributed by atoms with Gasteiger partial charge in [0.25, 0.3) is 0 Å². The number of para-hydroxylation sites is 1. The molecule has 5 heteroatoms. The SMILES string of the molecule is COc1ccccc1CCNC(=O)CCNc1ccc(N2CCCC2)cc1. The maximum absolute atomic E-state index is 12.0. The van der Waals surface area contributed by atoms with E-state index in [0.717, 1.165) is 36.5 Å². The molecule has 5 nitrogen and oxygen atoms in total. The van der Waals surface area contributed by atoms with Crippen LogP contribution >= 0.6 is 0 Å². The van der Waals surface area contributed by atoms with Crippen molar-refractivity contribution in [3.63, 3.8) is 0 Å². The summed E-state index contributed by atoms with van der Waals surface area (Å²) in [5.41, 5.74) is 3.45. The molecule has 144 valence electrons. The van der Waals surface area contributed by atoms with E-state index in [0.29, 0.717) is 19.5 Å². The van der Waals surface area contributed by atoms with Crippen LogP contribution < -0.4 is 20.3 Å². The van der Waals surface area contributed by atoms with Gasteiger partial charge in [-0.05, 0) is 55.2 Å². The lowest BCUT2D eigenvalue weighted by molar-refractivity contribution is -0.120. The van der Waals surface area contributed by atoms with Crippen molar-refractivity contribution >= 4 is 17.3 Å². The van der Waals surface area contributed by atoms with Gasteiger partial charge in [0, 0.05) is 44.0 Å². The highest BCUT2D eigenvalue weighted by Crippen LogP contribution is 2.22. The molecule has 3 rings (SSSR count). The third-order valence-electron chi connectivity index (χ3n) is 4.93. The average Bonchev–Trinajstić information content (AvgIpc) is 3.24. The van der Waals surface area contributed by atoms with Gasteiger partial charge in [-0.15, -0.1) is 0 Å². The van der Waals surface area contributed by atoms with Gasteiger partial charge in [0.1, 0.15) is 5.75 Å². The second-order valence-corrected chi connectivity index (χ2v) is 6.83. The van der Waals surface area contributed by atoms with Gasteiger partial charge in [-0.2, -0.15) is 0 Å². The number of amides is 1. The molecule has 1 amide bonds. The summed E-state index contributed by atoms with van der Waals surface area (Å²) in [6, 6.07) is 16.4. The molecule has 2 N–H and O–H groups in total. The number of nitrogens with zero attached hydrogens (tertiary/aromatic N) is 1. The van der Waals surface area contributed by atoms with Crippen LogP contribution in [0.15, 0.2) is 48.5 Å². The smallest absolute Gasteiger partial charge is 0.221 e. The summed E-state index contributed by atoms with van der Waals surface area (Å²) < 4.78 is 5.33. The highest BCUT2D eigenvalue weighted by atomic mass is 16.5. The van der Waals surface area contributed by atoms with E-state index < -0.39 is 0 Å². The van der Waals surface area contributed by atoms with E-state index in [4.69, 9.17) is 4.74 Å². The highest BCUT2D eigenvalue weighted by Gasteiger charge is 2.11. The molecule has 0 spiro atoms. The number of hydrogen-bond donors (Lipinski definition) is 2. The van der Waals surface area contributed by atoms with Gasteiger partial charge in [0.2, 0.25) is 5.91 Å². The first kappa shape index (κ1) is 19.1. The zero-order valence-electron chi connectivity index (χ0n) is 16.0. The summed E-state index contributed by atoms with van der Waals surface area (Å²) in [6.45, 7) is 3.55. The van der Waals surface area contributed by atoms with E-state index in [2.05, 4.69) is 39.8 Å². The largest absolute Gasteiger partial charge is 0.496 e. The number of anilines is 2. The maximum atomic E-state index is 12.0. The Morgan fingerprint density at radius 1 is 1.04 bits per heavy atom. The Morgan fingerprint density at radius 3 is 2.52 bits per heavy atom. The van der Waals surface area contributed by atoms with Crippen molar-refractivity contribution in [1.29, 1.82) is 0 Å². The Hall–Kier alpha value is -2.69. The van der Waals surface area contributed by atoms with Crippen LogP contribution in [0.1, 0.15) is 24.8 Å². The van der Waals surface area contributed by atoms with Crippen LogP contribution in [0, 0.1) is 0 Å². The molecule has 0 bridgehead atoms. The summed E-state index contributed by atoms with van der Waals surface area (Å²) in [5.74, 6) is 0.928. The molecule has 2 aromatic rings. The first-order valence-corrected chi connectivity index (χ1v) is 9.74. The second kappa shape index (κ2) is 9.86. The van der Waals surface area contributed by atoms with Gasteiger partial charge in [-0.1, -0.05) is 18.2 Å². The average molecular weight is 367 g/mol. The number of methoxy groups -OCH3 is 1. The van der Waals surface area contributed by atoms with Crippen LogP contribution in [0.3, 0.4) is 0 Å². The molecule has 2 aromatic carbocycles. The van der Waals surface area contributed by atoms with E-state index in [-0.39, 0.29) is 5.91 Å². The Bertz CT molecular complexity index is 725. The predicted molar refractivity (Wildman–Crippen MR) is 111 cm³/mol. The Morgan fingerprint density at radius 2 is 1.78 bits per heavy atom. The van der Waals surface area contributed by atoms with E-state index in [1.807, 2.05) is 24.3 Å². The number of nitrogens with one attached hydrogen (secondary N) is 2. The normalized spacial score (nSPS) is 13.4. The molecule has 1 aliphatic heterocycles. The lowest BCUT2D eigenvalue weighted by Gasteiger charge is -2.18. The molecule has 27 heavy (non-hydrogen) atoms. The zero-order valence-corrected chi connectivity index (χ0v) is 16.0. The van der Waals surface area contributed by atoms with Gasteiger partial charge in [-0.3, -0.25) is 4.79 Å². The molecule has 0 saturated carbocycles. The molecule has 1 fully saturated rings. The topological polar surface area (TPSA) is 53.6 Å². The summed E-state index contributed by atoms with van der Waals surface area (Å²) in [7, 11) is 1.67. The van der Waals surface area contributed by atoms with Gasteiger partial charge < -0.3 is 20.3 Å². The van der Waals surface area contributed by atoms with Crippen molar-refractivity contribution in [3.8, 4) is 5.75 Å². The summed E-state index contributed by atoms with van der Waals surface area (Å²) in [4.78, 5) is 14.4. The molecule has 0 aromatic heterocycles. The number of ether oxygens (including phenoxy) is 1. The number of carbonyl (C=O) groups excluding carboxylic acids is 1. The number of rotatable bonds is 9. The van der Waals surface area contributed by atoms with Crippen LogP contribution in [0.2, 0.25) is 0 Å². The van der Waals surface area contributed by atoms with Crippen LogP contribution in [0.4, 0.5) is 11.4 Å². The quantitative estimate of drug-likeness (QED) is 0.713. The summed E-state index contributed by atoms with van der Waals surface area (Å²) in [6.07, 6.45) is 3.79. The molecular weight excluding hydrogens is 338 g/mol. The van der Waals surface area contributed by atoms with Crippen LogP contribution in [-0.4, -0.2) is 39.2 Å². The molecule has 0 aliphatic carbocycles. The van der Waals surface area contributed by atoms with Crippen LogP contribution in [0.5, 0.6) is 5.75 Å². The fourth-order valence-corrected chi connectivity index (χ4v) is 3.42. The number of carbonyl (C=O) groups is 1. The Balaban J connectivity index is 1.34. The molecular formula is C22H29N3O2. The van der Waals surface area contributed by atoms with Crippen molar-refractivity contribution in [1.82, 2.24) is 5.32 Å². The third kappa shape index (κ3) is 5.64. The van der Waals surface area contributed by atoms with Crippen molar-refractivity contribution in [2.24, 2.45) is 0 Å². The monoisotopic (exact) mass is 367 g/mol. The van der Waals surface area contributed by atoms with Crippen molar-refractivity contribution in [3.05, 3.63) is 54.1 Å². The van der Waals surface area contributed by atoms with Gasteiger partial charge in [0.05, 0.1) is 7.11 Å². The first-order valence-electron chi connectivity index (χ1n) is 9.74. The molecule has 1 heterocycles. The van der Waals surface area contributed by atoms with E-state index >= 15 is 0 Å². The van der Waals surface area contributed by atoms with Crippen molar-refractivity contribution < 1.29 is 9.53 Å². The lowest BCUT2D eigenvalue weighted by atomic mass is 10.1. The van der Waals surface area contributed by atoms with Gasteiger partial charge >= 0.3 is 0 Å². The number of hydrogen-bond acceptors (Lipinski definition) is 4. The Labute approximate surface area is 161 Å². The lowest BCUT2D eigenvalue weighted by Crippen LogP contribution is -2.27. The minimum absolute atomic E-state index is 0.0612. The van der Waals surface area contributed by atoms with Crippen molar-refractivity contribution in [2.45, 2.75) is 25.7 Å². The molecule has 1 saturated heterocycles. The minimum atomic E-state index is 0.0612. The molecule has 0 radical (unpaired) electrons. The molecule has 1 aliphatic rings. The Kier molecular flexibility index (Phi) is 6.97. The van der Waals surface area contributed by atoms with Crippen molar-refractivity contribution in [2.75, 3.05) is 43.5 Å². The van der Waals surface area contributed by atoms with Gasteiger partial charge in [-0.25, -0.2) is 0 Å². The summed E-state index contributed by atoms with van der Waals surface area (Å²) in [5, 5.41) is 6.29. The predicted octanol–water partition coefficient (Wildman–Crippen LogP) is 3.46. The minimum Gasteiger partial charge on any atom is -0.496 e. The molecule has 0 unspecified atom stereocenters. The first-order chi connectivity index (χ1) is 13.3. The van der Waals surface area contributed by atoms with Crippen LogP contribution in [0.25, 0.3) is 0 Å². The summed E-state index contributed by atoms with van der Waals surface area (Å²) >= 11 is 0. The van der Waals surface area contributed by atoms with E-state index in [1.54, 1.807) is 7.11 Å². The zero-order chi connectivity index (χ0) is 18.9. The maximum Gasteiger partial charge on any atom is 0.221 e. The van der Waals surface area contributed by atoms with Gasteiger partial charge in [0.15, 0.2) is 0 Å².